The van der Waals surface area contributed by atoms with Crippen molar-refractivity contribution in [1.29, 1.82) is 0 Å². The van der Waals surface area contributed by atoms with Crippen molar-refractivity contribution >= 4 is 5.97 Å². The van der Waals surface area contributed by atoms with Gasteiger partial charge >= 0.3 is 5.97 Å². The van der Waals surface area contributed by atoms with E-state index in [9.17, 15) is 9.90 Å². The molecule has 18 heavy (non-hydrogen) atoms. The van der Waals surface area contributed by atoms with Crippen molar-refractivity contribution in [3.63, 3.8) is 0 Å². The summed E-state index contributed by atoms with van der Waals surface area (Å²) >= 11 is 0. The van der Waals surface area contributed by atoms with Crippen LogP contribution in [-0.4, -0.2) is 22.3 Å². The van der Waals surface area contributed by atoms with Gasteiger partial charge in [0.2, 0.25) is 0 Å². The smallest absolute Gasteiger partial charge is 0.328 e. The quantitative estimate of drug-likeness (QED) is 0.460. The summed E-state index contributed by atoms with van der Waals surface area (Å²) in [5.74, 6) is -0.864. The van der Waals surface area contributed by atoms with Crippen LogP contribution in [0.1, 0.15) is 33.6 Å². The average Bonchev–Trinajstić information content (AvgIpc) is 2.23. The van der Waals surface area contributed by atoms with Crippen LogP contribution < -0.4 is 0 Å². The number of aliphatic hydroxyl groups is 1. The molecule has 2 atom stereocenters. The van der Waals surface area contributed by atoms with Crippen LogP contribution >= 0.6 is 0 Å². The third-order valence-corrected chi connectivity index (χ3v) is 3.63. The maximum Gasteiger partial charge on any atom is 0.328 e. The molecule has 0 amide bonds. The van der Waals surface area contributed by atoms with E-state index in [-0.39, 0.29) is 11.3 Å². The molecule has 0 aromatic heterocycles. The topological polar surface area (TPSA) is 57.5 Å². The van der Waals surface area contributed by atoms with Crippen LogP contribution in [0.5, 0.6) is 0 Å². The summed E-state index contributed by atoms with van der Waals surface area (Å²) in [6, 6.07) is 0. The molecule has 0 aromatic carbocycles. The standard InChI is InChI=1S/C15H22O3/c1-10(9-14(17)18)5-6-12-11(2)13(16)7-8-15(12,3)4/h5-6,9,12-13,16H,2,7-8H2,1,3-4H3,(H,17,18)/b6-5?,10-9+/t12-,13-/m0/s1. The maximum atomic E-state index is 10.5. The van der Waals surface area contributed by atoms with Gasteiger partial charge in [-0.1, -0.05) is 32.6 Å². The molecule has 2 N–H and O–H groups in total. The van der Waals surface area contributed by atoms with Gasteiger partial charge in [0, 0.05) is 12.0 Å². The van der Waals surface area contributed by atoms with Crippen LogP contribution in [-0.2, 0) is 4.79 Å². The minimum absolute atomic E-state index is 0.0519. The summed E-state index contributed by atoms with van der Waals surface area (Å²) < 4.78 is 0. The highest BCUT2D eigenvalue weighted by atomic mass is 16.4. The molecule has 3 heteroatoms. The van der Waals surface area contributed by atoms with Gasteiger partial charge in [-0.2, -0.15) is 0 Å². The van der Waals surface area contributed by atoms with Gasteiger partial charge in [-0.15, -0.1) is 0 Å². The van der Waals surface area contributed by atoms with Crippen molar-refractivity contribution in [3.05, 3.63) is 36.0 Å². The predicted molar refractivity (Wildman–Crippen MR) is 72.2 cm³/mol. The first-order valence-corrected chi connectivity index (χ1v) is 6.20. The Labute approximate surface area is 109 Å². The van der Waals surface area contributed by atoms with E-state index >= 15 is 0 Å². The van der Waals surface area contributed by atoms with E-state index < -0.39 is 12.1 Å². The van der Waals surface area contributed by atoms with Crippen molar-refractivity contribution in [2.24, 2.45) is 11.3 Å². The lowest BCUT2D eigenvalue weighted by Crippen LogP contribution is -2.35. The zero-order valence-corrected chi connectivity index (χ0v) is 11.3. The van der Waals surface area contributed by atoms with Crippen LogP contribution in [0.15, 0.2) is 36.0 Å². The lowest BCUT2D eigenvalue weighted by Gasteiger charge is -2.41. The first-order valence-electron chi connectivity index (χ1n) is 6.20. The van der Waals surface area contributed by atoms with Crippen molar-refractivity contribution in [2.75, 3.05) is 0 Å². The highest BCUT2D eigenvalue weighted by molar-refractivity contribution is 5.81. The molecule has 0 spiro atoms. The Hall–Kier alpha value is -1.35. The van der Waals surface area contributed by atoms with Gasteiger partial charge in [0.25, 0.3) is 0 Å². The Balaban J connectivity index is 2.88. The molecule has 0 aliphatic heterocycles. The number of allylic oxidation sites excluding steroid dienone is 3. The normalized spacial score (nSPS) is 28.7. The van der Waals surface area contributed by atoms with Gasteiger partial charge in [0.15, 0.2) is 0 Å². The Morgan fingerprint density at radius 3 is 2.67 bits per heavy atom. The summed E-state index contributed by atoms with van der Waals surface area (Å²) in [7, 11) is 0. The van der Waals surface area contributed by atoms with Crippen LogP contribution in [0, 0.1) is 11.3 Å². The summed E-state index contributed by atoms with van der Waals surface area (Å²) in [6.45, 7) is 10.0. The summed E-state index contributed by atoms with van der Waals surface area (Å²) in [4.78, 5) is 10.5. The van der Waals surface area contributed by atoms with Crippen molar-refractivity contribution in [3.8, 4) is 0 Å². The van der Waals surface area contributed by atoms with E-state index in [4.69, 9.17) is 5.11 Å². The first kappa shape index (κ1) is 14.7. The molecule has 0 radical (unpaired) electrons. The molecule has 0 unspecified atom stereocenters. The zero-order valence-electron chi connectivity index (χ0n) is 11.3. The fraction of sp³-hybridized carbons (Fsp3) is 0.533. The van der Waals surface area contributed by atoms with E-state index in [2.05, 4.69) is 20.4 Å². The fourth-order valence-corrected chi connectivity index (χ4v) is 2.43. The Bertz CT molecular complexity index is 402. The predicted octanol–water partition coefficient (Wildman–Crippen LogP) is 2.93. The lowest BCUT2D eigenvalue weighted by atomic mass is 9.65. The Morgan fingerprint density at radius 1 is 1.50 bits per heavy atom. The van der Waals surface area contributed by atoms with Gasteiger partial charge in [0.05, 0.1) is 6.10 Å². The molecular formula is C15H22O3. The van der Waals surface area contributed by atoms with Crippen molar-refractivity contribution in [1.82, 2.24) is 0 Å². The van der Waals surface area contributed by atoms with Crippen LogP contribution in [0.4, 0.5) is 0 Å². The fourth-order valence-electron chi connectivity index (χ4n) is 2.43. The number of carboxylic acid groups (broad SMARTS) is 1. The van der Waals surface area contributed by atoms with Crippen LogP contribution in [0.25, 0.3) is 0 Å². The first-order chi connectivity index (χ1) is 8.24. The number of hydrogen-bond donors (Lipinski definition) is 2. The van der Waals surface area contributed by atoms with E-state index in [1.807, 2.05) is 6.08 Å². The maximum absolute atomic E-state index is 10.5. The second-order valence-electron chi connectivity index (χ2n) is 5.68. The molecule has 1 aliphatic rings. The summed E-state index contributed by atoms with van der Waals surface area (Å²) in [5, 5.41) is 18.5. The molecule has 3 nitrogen and oxygen atoms in total. The molecule has 0 saturated heterocycles. The van der Waals surface area contributed by atoms with Crippen molar-refractivity contribution in [2.45, 2.75) is 39.7 Å². The van der Waals surface area contributed by atoms with Crippen LogP contribution in [0.2, 0.25) is 0 Å². The molecule has 1 saturated carbocycles. The molecule has 1 rings (SSSR count). The second kappa shape index (κ2) is 5.53. The number of rotatable bonds is 3. The van der Waals surface area contributed by atoms with Gasteiger partial charge in [-0.3, -0.25) is 0 Å². The Morgan fingerprint density at radius 2 is 2.11 bits per heavy atom. The number of carboxylic acids is 1. The summed E-state index contributed by atoms with van der Waals surface area (Å²) in [6.07, 6.45) is 6.16. The zero-order chi connectivity index (χ0) is 13.9. The highest BCUT2D eigenvalue weighted by Crippen LogP contribution is 2.43. The molecule has 1 fully saturated rings. The third kappa shape index (κ3) is 3.57. The number of aliphatic carboxylic acids is 1. The molecule has 0 bridgehead atoms. The third-order valence-electron chi connectivity index (χ3n) is 3.63. The SMILES string of the molecule is C=C1[C@@H](O)CCC(C)(C)[C@H]1C=C/C(C)=C/C(=O)O. The van der Waals surface area contributed by atoms with Gasteiger partial charge in [-0.25, -0.2) is 4.79 Å². The monoisotopic (exact) mass is 250 g/mol. The van der Waals surface area contributed by atoms with Gasteiger partial charge in [-0.05, 0) is 36.3 Å². The van der Waals surface area contributed by atoms with Gasteiger partial charge in [0.1, 0.15) is 0 Å². The van der Waals surface area contributed by atoms with E-state index in [1.54, 1.807) is 13.0 Å². The second-order valence-corrected chi connectivity index (χ2v) is 5.68. The molecular weight excluding hydrogens is 228 g/mol. The molecule has 1 aliphatic carbocycles. The number of carbonyl (C=O) groups is 1. The summed E-state index contributed by atoms with van der Waals surface area (Å²) in [5.41, 5.74) is 1.56. The minimum Gasteiger partial charge on any atom is -0.478 e. The largest absolute Gasteiger partial charge is 0.478 e. The molecule has 100 valence electrons. The minimum atomic E-state index is -0.945. The lowest BCUT2D eigenvalue weighted by molar-refractivity contribution is -0.131. The van der Waals surface area contributed by atoms with Crippen molar-refractivity contribution < 1.29 is 15.0 Å². The molecule has 0 heterocycles. The molecule has 0 aromatic rings. The van der Waals surface area contributed by atoms with E-state index in [0.29, 0.717) is 5.57 Å². The Kier molecular flexibility index (Phi) is 4.52. The number of aliphatic hydroxyl groups excluding tert-OH is 1. The van der Waals surface area contributed by atoms with E-state index in [0.717, 1.165) is 18.4 Å². The van der Waals surface area contributed by atoms with E-state index in [1.165, 1.54) is 6.08 Å². The number of hydrogen-bond acceptors (Lipinski definition) is 2. The average molecular weight is 250 g/mol. The van der Waals surface area contributed by atoms with Gasteiger partial charge < -0.3 is 10.2 Å². The highest BCUT2D eigenvalue weighted by Gasteiger charge is 2.36. The van der Waals surface area contributed by atoms with Crippen LogP contribution in [0.3, 0.4) is 0 Å².